The molecule has 2 heterocycles. The Bertz CT molecular complexity index is 640. The largest absolute Gasteiger partial charge is 0.403 e. The van der Waals surface area contributed by atoms with Crippen LogP contribution in [0.3, 0.4) is 0 Å². The van der Waals surface area contributed by atoms with Gasteiger partial charge in [-0.3, -0.25) is 14.6 Å². The molecule has 0 amide bonds. The Labute approximate surface area is 188 Å². The van der Waals surface area contributed by atoms with Crippen molar-refractivity contribution in [3.8, 4) is 0 Å². The summed E-state index contributed by atoms with van der Waals surface area (Å²) in [5.74, 6) is 0.748. The number of halogens is 4. The summed E-state index contributed by atoms with van der Waals surface area (Å²) in [6.45, 7) is 6.23. The highest BCUT2D eigenvalue weighted by molar-refractivity contribution is 14.0. The molecule has 0 aliphatic carbocycles. The molecule has 0 radical (unpaired) electrons. The molecule has 0 aromatic carbocycles. The predicted molar refractivity (Wildman–Crippen MR) is 120 cm³/mol. The van der Waals surface area contributed by atoms with Crippen LogP contribution in [0.1, 0.15) is 25.5 Å². The molecule has 2 rings (SSSR count). The van der Waals surface area contributed by atoms with Crippen LogP contribution in [0.4, 0.5) is 13.2 Å². The van der Waals surface area contributed by atoms with Crippen molar-refractivity contribution in [2.45, 2.75) is 32.1 Å². The first-order valence-electron chi connectivity index (χ1n) is 9.62. The van der Waals surface area contributed by atoms with Gasteiger partial charge in [-0.15, -0.1) is 24.0 Å². The van der Waals surface area contributed by atoms with E-state index in [1.54, 1.807) is 4.68 Å². The molecular formula is C18H33F3IN7. The second kappa shape index (κ2) is 11.3. The Morgan fingerprint density at radius 1 is 1.28 bits per heavy atom. The fourth-order valence-corrected chi connectivity index (χ4v) is 3.31. The number of aryl methyl sites for hydroxylation is 1. The van der Waals surface area contributed by atoms with Crippen molar-refractivity contribution in [3.63, 3.8) is 0 Å². The Morgan fingerprint density at radius 2 is 1.90 bits per heavy atom. The lowest BCUT2D eigenvalue weighted by molar-refractivity contribution is -0.181. The van der Waals surface area contributed by atoms with Crippen molar-refractivity contribution in [2.24, 2.45) is 12.0 Å². The molecule has 1 saturated heterocycles. The van der Waals surface area contributed by atoms with Crippen LogP contribution >= 0.6 is 24.0 Å². The average molecular weight is 531 g/mol. The Morgan fingerprint density at radius 3 is 2.34 bits per heavy atom. The summed E-state index contributed by atoms with van der Waals surface area (Å²) in [6.07, 6.45) is -0.377. The molecule has 1 fully saturated rings. The summed E-state index contributed by atoms with van der Waals surface area (Å²) in [5, 5.41) is 7.51. The molecular weight excluding hydrogens is 498 g/mol. The van der Waals surface area contributed by atoms with E-state index in [1.165, 1.54) is 11.8 Å². The van der Waals surface area contributed by atoms with Gasteiger partial charge >= 0.3 is 6.18 Å². The number of aromatic nitrogens is 2. The number of piperazine rings is 1. The van der Waals surface area contributed by atoms with Crippen molar-refractivity contribution in [1.29, 1.82) is 0 Å². The second-order valence-electron chi connectivity index (χ2n) is 7.36. The number of nitrogens with one attached hydrogen (secondary N) is 1. The van der Waals surface area contributed by atoms with Gasteiger partial charge in [0.05, 0.1) is 18.8 Å². The Balaban J connectivity index is 0.00000420. The van der Waals surface area contributed by atoms with Crippen LogP contribution in [0.5, 0.6) is 0 Å². The first-order chi connectivity index (χ1) is 13.1. The summed E-state index contributed by atoms with van der Waals surface area (Å²) in [6, 6.07) is -1.34. The van der Waals surface area contributed by atoms with Gasteiger partial charge in [-0.25, -0.2) is 0 Å². The lowest BCUT2D eigenvalue weighted by atomic mass is 10.1. The van der Waals surface area contributed by atoms with Gasteiger partial charge in [0, 0.05) is 51.5 Å². The minimum absolute atomic E-state index is 0. The molecule has 29 heavy (non-hydrogen) atoms. The van der Waals surface area contributed by atoms with E-state index in [0.717, 1.165) is 11.5 Å². The third kappa shape index (κ3) is 7.28. The van der Waals surface area contributed by atoms with Gasteiger partial charge in [-0.05, 0) is 27.9 Å². The summed E-state index contributed by atoms with van der Waals surface area (Å²) >= 11 is 0. The van der Waals surface area contributed by atoms with Crippen LogP contribution in [0.25, 0.3) is 0 Å². The number of nitrogens with zero attached hydrogens (tertiary/aromatic N) is 6. The van der Waals surface area contributed by atoms with Crippen molar-refractivity contribution < 1.29 is 13.2 Å². The standard InChI is InChI=1S/C18H32F3N7.HI/c1-6-22-17(23-12-16(25(3)4)15-11-24-26(5)13-15)28-9-7-27(8-10-28)14(2)18(19,20)21;/h11,13-14,16H,6-10,12H2,1-5H3,(H,22,23);1H. The first-order valence-corrected chi connectivity index (χ1v) is 9.62. The van der Waals surface area contributed by atoms with Gasteiger partial charge < -0.3 is 15.1 Å². The molecule has 7 nitrogen and oxygen atoms in total. The SMILES string of the molecule is CCNC(=NCC(c1cnn(C)c1)N(C)C)N1CCN(C(C)C(F)(F)F)CC1.I. The summed E-state index contributed by atoms with van der Waals surface area (Å²) in [7, 11) is 5.87. The van der Waals surface area contributed by atoms with E-state index < -0.39 is 12.2 Å². The quantitative estimate of drug-likeness (QED) is 0.347. The number of hydrogen-bond acceptors (Lipinski definition) is 4. The predicted octanol–water partition coefficient (Wildman–Crippen LogP) is 2.17. The maximum Gasteiger partial charge on any atom is 0.403 e. The fraction of sp³-hybridized carbons (Fsp3) is 0.778. The van der Waals surface area contributed by atoms with Gasteiger partial charge in [0.15, 0.2) is 5.96 Å². The highest BCUT2D eigenvalue weighted by Gasteiger charge is 2.41. The van der Waals surface area contributed by atoms with E-state index in [1.807, 2.05) is 45.4 Å². The first kappa shape index (κ1) is 26.0. The van der Waals surface area contributed by atoms with Crippen LogP contribution in [0, 0.1) is 0 Å². The Hall–Kier alpha value is -1.08. The minimum atomic E-state index is -4.19. The Kier molecular flexibility index (Phi) is 10.2. The minimum Gasteiger partial charge on any atom is -0.357 e. The molecule has 1 aliphatic rings. The summed E-state index contributed by atoms with van der Waals surface area (Å²) < 4.78 is 40.6. The number of guanidine groups is 1. The summed E-state index contributed by atoms with van der Waals surface area (Å²) in [5.41, 5.74) is 1.08. The molecule has 1 aliphatic heterocycles. The maximum absolute atomic E-state index is 13.0. The van der Waals surface area contributed by atoms with E-state index >= 15 is 0 Å². The lowest BCUT2D eigenvalue weighted by Gasteiger charge is -2.39. The number of likely N-dealkylation sites (N-methyl/N-ethyl adjacent to an activating group) is 1. The molecule has 1 N–H and O–H groups in total. The zero-order chi connectivity index (χ0) is 20.9. The number of rotatable bonds is 6. The third-order valence-electron chi connectivity index (χ3n) is 5.12. The topological polar surface area (TPSA) is 51.9 Å². The molecule has 0 saturated carbocycles. The molecule has 2 atom stereocenters. The van der Waals surface area contributed by atoms with Crippen LogP contribution < -0.4 is 5.32 Å². The molecule has 168 valence electrons. The molecule has 1 aromatic heterocycles. The average Bonchev–Trinajstić information content (AvgIpc) is 3.05. The highest BCUT2D eigenvalue weighted by Crippen LogP contribution is 2.25. The van der Waals surface area contributed by atoms with Crippen LogP contribution in [-0.2, 0) is 7.05 Å². The van der Waals surface area contributed by atoms with Crippen LogP contribution in [0.2, 0.25) is 0 Å². The van der Waals surface area contributed by atoms with E-state index in [4.69, 9.17) is 4.99 Å². The number of aliphatic imine (C=N–C) groups is 1. The second-order valence-corrected chi connectivity index (χ2v) is 7.36. The van der Waals surface area contributed by atoms with E-state index in [-0.39, 0.29) is 30.0 Å². The van der Waals surface area contributed by atoms with Crippen molar-refractivity contribution >= 4 is 29.9 Å². The van der Waals surface area contributed by atoms with Gasteiger partial charge in [0.1, 0.15) is 6.04 Å². The third-order valence-corrected chi connectivity index (χ3v) is 5.12. The van der Waals surface area contributed by atoms with Gasteiger partial charge in [-0.2, -0.15) is 18.3 Å². The monoisotopic (exact) mass is 531 g/mol. The molecule has 1 aromatic rings. The summed E-state index contributed by atoms with van der Waals surface area (Å²) in [4.78, 5) is 10.4. The highest BCUT2D eigenvalue weighted by atomic mass is 127. The normalized spacial score (nSPS) is 18.5. The van der Waals surface area contributed by atoms with Crippen molar-refractivity contribution in [3.05, 3.63) is 18.0 Å². The molecule has 0 bridgehead atoms. The lowest BCUT2D eigenvalue weighted by Crippen LogP contribution is -2.56. The molecule has 11 heteroatoms. The van der Waals surface area contributed by atoms with Gasteiger partial charge in [-0.1, -0.05) is 0 Å². The van der Waals surface area contributed by atoms with Gasteiger partial charge in [0.25, 0.3) is 0 Å². The van der Waals surface area contributed by atoms with Gasteiger partial charge in [0.2, 0.25) is 0 Å². The van der Waals surface area contributed by atoms with Crippen molar-refractivity contribution in [1.82, 2.24) is 29.8 Å². The number of alkyl halides is 3. The van der Waals surface area contributed by atoms with Crippen LogP contribution in [0.15, 0.2) is 17.4 Å². The zero-order valence-corrected chi connectivity index (χ0v) is 20.1. The number of hydrogen-bond donors (Lipinski definition) is 1. The van der Waals surface area contributed by atoms with E-state index in [2.05, 4.69) is 15.3 Å². The fourth-order valence-electron chi connectivity index (χ4n) is 3.31. The maximum atomic E-state index is 13.0. The van der Waals surface area contributed by atoms with E-state index in [9.17, 15) is 13.2 Å². The molecule has 2 unspecified atom stereocenters. The zero-order valence-electron chi connectivity index (χ0n) is 17.8. The van der Waals surface area contributed by atoms with Crippen LogP contribution in [-0.4, -0.2) is 96.0 Å². The van der Waals surface area contributed by atoms with E-state index in [0.29, 0.717) is 39.3 Å². The van der Waals surface area contributed by atoms with Crippen molar-refractivity contribution in [2.75, 3.05) is 53.4 Å². The smallest absolute Gasteiger partial charge is 0.357 e. The molecule has 0 spiro atoms.